The van der Waals surface area contributed by atoms with Crippen molar-refractivity contribution in [1.29, 1.82) is 5.41 Å². The van der Waals surface area contributed by atoms with Crippen molar-refractivity contribution in [3.63, 3.8) is 0 Å². The normalized spacial score (nSPS) is 12.4. The zero-order valence-corrected chi connectivity index (χ0v) is 10.0. The summed E-state index contributed by atoms with van der Waals surface area (Å²) in [6, 6.07) is 2.91. The quantitative estimate of drug-likeness (QED) is 0.789. The monoisotopic (exact) mass is 239 g/mol. The Morgan fingerprint density at radius 1 is 1.47 bits per heavy atom. The molecule has 0 amide bonds. The van der Waals surface area contributed by atoms with Gasteiger partial charge < -0.3 is 10.7 Å². The van der Waals surface area contributed by atoms with Gasteiger partial charge in [0.1, 0.15) is 5.69 Å². The van der Waals surface area contributed by atoms with Gasteiger partial charge in [-0.3, -0.25) is 4.98 Å². The van der Waals surface area contributed by atoms with Gasteiger partial charge in [0, 0.05) is 30.2 Å². The minimum atomic E-state index is -2.95. The number of rotatable bonds is 4. The Hall–Kier alpha value is -1.78. The number of aromatic nitrogens is 1. The third-order valence-electron chi connectivity index (χ3n) is 1.98. The summed E-state index contributed by atoms with van der Waals surface area (Å²) >= 11 is 0. The molecular weight excluding hydrogens is 224 g/mol. The molecular formula is C12H15F2N3. The van der Waals surface area contributed by atoms with Crippen molar-refractivity contribution in [2.45, 2.75) is 26.7 Å². The minimum absolute atomic E-state index is 0.276. The van der Waals surface area contributed by atoms with E-state index in [2.05, 4.69) is 10.3 Å². The van der Waals surface area contributed by atoms with Gasteiger partial charge in [-0.2, -0.15) is 8.78 Å². The van der Waals surface area contributed by atoms with E-state index in [4.69, 9.17) is 5.41 Å². The van der Waals surface area contributed by atoms with E-state index in [0.29, 0.717) is 17.1 Å². The van der Waals surface area contributed by atoms with Crippen molar-refractivity contribution in [2.75, 3.05) is 5.32 Å². The maximum absolute atomic E-state index is 13.0. The Balaban J connectivity index is 2.90. The highest BCUT2D eigenvalue weighted by molar-refractivity contribution is 5.90. The number of halogens is 2. The van der Waals surface area contributed by atoms with Gasteiger partial charge in [0.2, 0.25) is 0 Å². The largest absolute Gasteiger partial charge is 0.359 e. The second-order valence-electron chi connectivity index (χ2n) is 3.95. The molecule has 0 spiro atoms. The van der Waals surface area contributed by atoms with E-state index in [0.717, 1.165) is 6.92 Å². The zero-order chi connectivity index (χ0) is 13.1. The van der Waals surface area contributed by atoms with E-state index in [1.54, 1.807) is 26.0 Å². The van der Waals surface area contributed by atoms with Crippen LogP contribution in [0.25, 0.3) is 0 Å². The Morgan fingerprint density at radius 3 is 2.65 bits per heavy atom. The predicted molar refractivity (Wildman–Crippen MR) is 64.6 cm³/mol. The van der Waals surface area contributed by atoms with Gasteiger partial charge in [0.05, 0.1) is 0 Å². The van der Waals surface area contributed by atoms with Gasteiger partial charge in [-0.1, -0.05) is 0 Å². The molecule has 0 radical (unpaired) electrons. The zero-order valence-electron chi connectivity index (χ0n) is 10.0. The van der Waals surface area contributed by atoms with Crippen molar-refractivity contribution < 1.29 is 8.78 Å². The van der Waals surface area contributed by atoms with Crippen LogP contribution < -0.4 is 5.32 Å². The van der Waals surface area contributed by atoms with Gasteiger partial charge >= 0.3 is 0 Å². The SMILES string of the molecule is CC(=N)/C=C(/C)Nc1ccnc(C(C)(F)F)c1. The third kappa shape index (κ3) is 4.30. The van der Waals surface area contributed by atoms with E-state index in [1.807, 2.05) is 0 Å². The number of pyridine rings is 1. The summed E-state index contributed by atoms with van der Waals surface area (Å²) in [5.74, 6) is -2.95. The molecule has 1 aromatic rings. The molecule has 1 heterocycles. The molecule has 0 aliphatic rings. The van der Waals surface area contributed by atoms with Crippen molar-refractivity contribution in [3.05, 3.63) is 35.8 Å². The molecule has 92 valence electrons. The molecule has 17 heavy (non-hydrogen) atoms. The molecule has 1 aromatic heterocycles. The van der Waals surface area contributed by atoms with Crippen LogP contribution in [-0.4, -0.2) is 10.7 Å². The van der Waals surface area contributed by atoms with E-state index in [1.165, 1.54) is 12.3 Å². The summed E-state index contributed by atoms with van der Waals surface area (Å²) in [6.45, 7) is 4.22. The summed E-state index contributed by atoms with van der Waals surface area (Å²) in [5.41, 5.74) is 1.37. The molecule has 0 aromatic carbocycles. The second-order valence-corrected chi connectivity index (χ2v) is 3.95. The van der Waals surface area contributed by atoms with Crippen LogP contribution in [0.1, 0.15) is 26.5 Å². The lowest BCUT2D eigenvalue weighted by Gasteiger charge is -2.12. The van der Waals surface area contributed by atoms with Crippen LogP contribution in [0.5, 0.6) is 0 Å². The first-order valence-electron chi connectivity index (χ1n) is 5.14. The molecule has 0 atom stereocenters. The standard InChI is InChI=1S/C12H15F2N3/c1-8(15)6-9(2)17-10-4-5-16-11(7-10)12(3,13)14/h4-7,15H,1-3H3,(H,16,17)/b9-6-,15-8?. The maximum Gasteiger partial charge on any atom is 0.287 e. The van der Waals surface area contributed by atoms with Gasteiger partial charge in [0.25, 0.3) is 5.92 Å². The lowest BCUT2D eigenvalue weighted by molar-refractivity contribution is 0.0128. The topological polar surface area (TPSA) is 48.8 Å². The summed E-state index contributed by atoms with van der Waals surface area (Å²) in [5, 5.41) is 10.2. The molecule has 0 saturated heterocycles. The summed E-state index contributed by atoms with van der Waals surface area (Å²) in [6.07, 6.45) is 2.95. The molecule has 3 nitrogen and oxygen atoms in total. The molecule has 0 bridgehead atoms. The molecule has 0 saturated carbocycles. The summed E-state index contributed by atoms with van der Waals surface area (Å²) in [4.78, 5) is 3.63. The number of hydrogen-bond donors (Lipinski definition) is 2. The van der Waals surface area contributed by atoms with Gasteiger partial charge in [-0.05, 0) is 32.1 Å². The van der Waals surface area contributed by atoms with Crippen LogP contribution in [0, 0.1) is 5.41 Å². The van der Waals surface area contributed by atoms with Crippen LogP contribution in [0.4, 0.5) is 14.5 Å². The van der Waals surface area contributed by atoms with Crippen molar-refractivity contribution in [3.8, 4) is 0 Å². The van der Waals surface area contributed by atoms with E-state index in [9.17, 15) is 8.78 Å². The molecule has 0 unspecified atom stereocenters. The molecule has 2 N–H and O–H groups in total. The first kappa shape index (κ1) is 13.3. The number of anilines is 1. The van der Waals surface area contributed by atoms with Crippen LogP contribution in [0.15, 0.2) is 30.1 Å². The second kappa shape index (κ2) is 5.03. The molecule has 1 rings (SSSR count). The molecule has 0 fully saturated rings. The third-order valence-corrected chi connectivity index (χ3v) is 1.98. The Morgan fingerprint density at radius 2 is 2.12 bits per heavy atom. The predicted octanol–water partition coefficient (Wildman–Crippen LogP) is 3.55. The molecule has 5 heteroatoms. The average molecular weight is 239 g/mol. The van der Waals surface area contributed by atoms with Crippen molar-refractivity contribution in [1.82, 2.24) is 4.98 Å². The Labute approximate surface area is 99.1 Å². The highest BCUT2D eigenvalue weighted by Gasteiger charge is 2.26. The molecule has 0 aliphatic heterocycles. The summed E-state index contributed by atoms with van der Waals surface area (Å²) < 4.78 is 26.1. The van der Waals surface area contributed by atoms with E-state index >= 15 is 0 Å². The van der Waals surface area contributed by atoms with Crippen molar-refractivity contribution in [2.24, 2.45) is 0 Å². The first-order valence-corrected chi connectivity index (χ1v) is 5.14. The lowest BCUT2D eigenvalue weighted by Crippen LogP contribution is -2.10. The van der Waals surface area contributed by atoms with Gasteiger partial charge in [-0.25, -0.2) is 0 Å². The number of alkyl halides is 2. The first-order chi connectivity index (χ1) is 7.79. The fourth-order valence-electron chi connectivity index (χ4n) is 1.34. The summed E-state index contributed by atoms with van der Waals surface area (Å²) in [7, 11) is 0. The highest BCUT2D eigenvalue weighted by atomic mass is 19.3. The van der Waals surface area contributed by atoms with Crippen LogP contribution >= 0.6 is 0 Å². The van der Waals surface area contributed by atoms with E-state index < -0.39 is 5.92 Å². The van der Waals surface area contributed by atoms with Crippen LogP contribution in [-0.2, 0) is 5.92 Å². The van der Waals surface area contributed by atoms with Crippen molar-refractivity contribution >= 4 is 11.4 Å². The van der Waals surface area contributed by atoms with Crippen LogP contribution in [0.3, 0.4) is 0 Å². The van der Waals surface area contributed by atoms with E-state index in [-0.39, 0.29) is 5.69 Å². The Bertz CT molecular complexity index is 447. The number of nitrogens with zero attached hydrogens (tertiary/aromatic N) is 1. The Kier molecular flexibility index (Phi) is 3.93. The minimum Gasteiger partial charge on any atom is -0.359 e. The molecule has 0 aliphatic carbocycles. The highest BCUT2D eigenvalue weighted by Crippen LogP contribution is 2.26. The smallest absolute Gasteiger partial charge is 0.287 e. The average Bonchev–Trinajstić information content (AvgIpc) is 2.15. The number of nitrogens with one attached hydrogen (secondary N) is 2. The van der Waals surface area contributed by atoms with Gasteiger partial charge in [0.15, 0.2) is 0 Å². The van der Waals surface area contributed by atoms with Gasteiger partial charge in [-0.15, -0.1) is 0 Å². The fraction of sp³-hybridized carbons (Fsp3) is 0.333. The van der Waals surface area contributed by atoms with Crippen LogP contribution in [0.2, 0.25) is 0 Å². The maximum atomic E-state index is 13.0. The number of allylic oxidation sites excluding steroid dienone is 2. The fourth-order valence-corrected chi connectivity index (χ4v) is 1.34. The number of hydrogen-bond acceptors (Lipinski definition) is 3. The lowest BCUT2D eigenvalue weighted by atomic mass is 10.2.